The molecule has 8 nitrogen and oxygen atoms in total. The van der Waals surface area contributed by atoms with Crippen molar-refractivity contribution in [2.24, 2.45) is 0 Å². The fourth-order valence-corrected chi connectivity index (χ4v) is 8.50. The van der Waals surface area contributed by atoms with Crippen LogP contribution in [0, 0.1) is 0 Å². The highest BCUT2D eigenvalue weighted by atomic mass is 32.1. The Morgan fingerprint density at radius 2 is 1.90 bits per heavy atom. The average Bonchev–Trinajstić information content (AvgIpc) is 3.83. The minimum absolute atomic E-state index is 0.233. The lowest BCUT2D eigenvalue weighted by atomic mass is 9.98. The molecule has 3 aromatic heterocycles. The molecule has 0 spiro atoms. The van der Waals surface area contributed by atoms with Gasteiger partial charge in [-0.3, -0.25) is 4.79 Å². The van der Waals surface area contributed by atoms with E-state index in [0.717, 1.165) is 103 Å². The van der Waals surface area contributed by atoms with Crippen LogP contribution in [0.4, 0.5) is 0 Å². The number of nitrogens with zero attached hydrogens (tertiary/aromatic N) is 4. The molecular weight excluding hydrogens is 569 g/mol. The van der Waals surface area contributed by atoms with E-state index in [9.17, 15) is 14.7 Å². The van der Waals surface area contributed by atoms with Crippen molar-refractivity contribution in [3.63, 3.8) is 0 Å². The SMILES string of the molecule is O=Cc1cc2nnn(CCCN3CCC(OC(=O)[C@](O)(c4cccs4)c4cc5ccccc5s4)CC3)c2c2c1CCC2. The van der Waals surface area contributed by atoms with Crippen molar-refractivity contribution < 1.29 is 19.4 Å². The van der Waals surface area contributed by atoms with Crippen LogP contribution < -0.4 is 0 Å². The van der Waals surface area contributed by atoms with E-state index in [1.165, 1.54) is 28.2 Å². The van der Waals surface area contributed by atoms with Crippen molar-refractivity contribution in [2.75, 3.05) is 19.6 Å². The van der Waals surface area contributed by atoms with E-state index in [2.05, 4.69) is 15.2 Å². The van der Waals surface area contributed by atoms with Gasteiger partial charge in [-0.1, -0.05) is 29.5 Å². The molecule has 2 aromatic carbocycles. The van der Waals surface area contributed by atoms with Gasteiger partial charge in [0.1, 0.15) is 17.9 Å². The minimum atomic E-state index is -1.82. The molecule has 1 saturated heterocycles. The van der Waals surface area contributed by atoms with E-state index in [4.69, 9.17) is 4.74 Å². The molecule has 4 heterocycles. The molecule has 1 aliphatic heterocycles. The van der Waals surface area contributed by atoms with E-state index in [-0.39, 0.29) is 6.10 Å². The van der Waals surface area contributed by atoms with Crippen molar-refractivity contribution in [3.05, 3.63) is 80.4 Å². The standard InChI is InChI=1S/C32H32N4O4S2/c37-20-22-18-26-30(25-8-3-7-24(22)25)36(34-33-26)14-5-13-35-15-11-23(12-16-35)40-31(38)32(39,28-10-4-17-41-28)29-19-21-6-1-2-9-27(21)42-29/h1-2,4,6,9-10,17-20,23,39H,3,5,7-8,11-16H2/t32-/m0/s1. The number of carbonyl (C=O) groups is 2. The van der Waals surface area contributed by atoms with E-state index >= 15 is 0 Å². The minimum Gasteiger partial charge on any atom is -0.460 e. The van der Waals surface area contributed by atoms with Crippen LogP contribution in [-0.2, 0) is 34.5 Å². The van der Waals surface area contributed by atoms with Gasteiger partial charge in [-0.05, 0) is 91.2 Å². The largest absolute Gasteiger partial charge is 0.460 e. The number of hydrogen-bond acceptors (Lipinski definition) is 9. The second-order valence-electron chi connectivity index (χ2n) is 11.2. The van der Waals surface area contributed by atoms with Crippen molar-refractivity contribution >= 4 is 56.0 Å². The molecule has 5 aromatic rings. The van der Waals surface area contributed by atoms with Gasteiger partial charge in [0.05, 0.1) is 15.3 Å². The summed E-state index contributed by atoms with van der Waals surface area (Å²) in [5, 5.41) is 23.5. The number of aliphatic hydroxyl groups is 1. The van der Waals surface area contributed by atoms with Crippen molar-refractivity contribution in [1.82, 2.24) is 19.9 Å². The molecular formula is C32H32N4O4S2. The number of ether oxygens (including phenoxy) is 1. The summed E-state index contributed by atoms with van der Waals surface area (Å²) >= 11 is 2.79. The first-order valence-electron chi connectivity index (χ1n) is 14.6. The Kier molecular flexibility index (Phi) is 7.39. The van der Waals surface area contributed by atoms with Crippen molar-refractivity contribution in [1.29, 1.82) is 0 Å². The summed E-state index contributed by atoms with van der Waals surface area (Å²) in [6.07, 6.45) is 6.07. The van der Waals surface area contributed by atoms with Crippen LogP contribution in [0.15, 0.2) is 53.9 Å². The van der Waals surface area contributed by atoms with Crippen molar-refractivity contribution in [2.45, 2.75) is 56.8 Å². The van der Waals surface area contributed by atoms with Crippen LogP contribution in [0.5, 0.6) is 0 Å². The van der Waals surface area contributed by atoms with Crippen molar-refractivity contribution in [3.8, 4) is 0 Å². The summed E-state index contributed by atoms with van der Waals surface area (Å²) in [4.78, 5) is 28.7. The lowest BCUT2D eigenvalue weighted by Gasteiger charge is -2.33. The quantitative estimate of drug-likeness (QED) is 0.180. The van der Waals surface area contributed by atoms with Gasteiger partial charge in [0.15, 0.2) is 0 Å². The Morgan fingerprint density at radius 3 is 2.69 bits per heavy atom. The maximum atomic E-state index is 13.6. The maximum Gasteiger partial charge on any atom is 0.349 e. The first-order chi connectivity index (χ1) is 20.5. The van der Waals surface area contributed by atoms with Gasteiger partial charge in [-0.25, -0.2) is 9.48 Å². The van der Waals surface area contributed by atoms with Gasteiger partial charge in [-0.15, -0.1) is 27.8 Å². The number of aryl methyl sites for hydroxylation is 2. The molecule has 0 amide bonds. The number of benzene rings is 2. The molecule has 1 fully saturated rings. The molecule has 0 radical (unpaired) electrons. The van der Waals surface area contributed by atoms with Gasteiger partial charge in [0, 0.05) is 29.9 Å². The highest BCUT2D eigenvalue weighted by Gasteiger charge is 2.45. The highest BCUT2D eigenvalue weighted by Crippen LogP contribution is 2.41. The van der Waals surface area contributed by atoms with Crippen LogP contribution in [-0.4, -0.2) is 63.0 Å². The summed E-state index contributed by atoms with van der Waals surface area (Å²) in [5.74, 6) is -0.599. The monoisotopic (exact) mass is 600 g/mol. The third-order valence-electron chi connectivity index (χ3n) is 8.64. The lowest BCUT2D eigenvalue weighted by molar-refractivity contribution is -0.169. The molecule has 10 heteroatoms. The number of fused-ring (bicyclic) bond motifs is 4. The number of aromatic nitrogens is 3. The molecule has 216 valence electrons. The second-order valence-corrected chi connectivity index (χ2v) is 13.2. The van der Waals surface area contributed by atoms with E-state index in [1.54, 1.807) is 6.07 Å². The van der Waals surface area contributed by atoms with Gasteiger partial charge >= 0.3 is 5.97 Å². The third-order valence-corrected chi connectivity index (χ3v) is 10.8. The zero-order chi connectivity index (χ0) is 28.7. The Labute approximate surface area is 251 Å². The normalized spacial score (nSPS) is 17.5. The fourth-order valence-electron chi connectivity index (χ4n) is 6.45. The van der Waals surface area contributed by atoms with Crippen LogP contribution in [0.25, 0.3) is 21.1 Å². The van der Waals surface area contributed by atoms with Gasteiger partial charge in [-0.2, -0.15) is 0 Å². The van der Waals surface area contributed by atoms with Gasteiger partial charge in [0.2, 0.25) is 5.60 Å². The Balaban J connectivity index is 0.972. The predicted molar refractivity (Wildman–Crippen MR) is 164 cm³/mol. The molecule has 0 saturated carbocycles. The predicted octanol–water partition coefficient (Wildman–Crippen LogP) is 5.34. The van der Waals surface area contributed by atoms with Gasteiger partial charge in [0.25, 0.3) is 0 Å². The average molecular weight is 601 g/mol. The van der Waals surface area contributed by atoms with Gasteiger partial charge < -0.3 is 14.7 Å². The Bertz CT molecular complexity index is 1720. The number of rotatable bonds is 9. The zero-order valence-electron chi connectivity index (χ0n) is 23.2. The number of esters is 1. The number of aldehydes is 1. The maximum absolute atomic E-state index is 13.6. The summed E-state index contributed by atoms with van der Waals surface area (Å²) in [6.45, 7) is 3.34. The van der Waals surface area contributed by atoms with Crippen LogP contribution >= 0.6 is 22.7 Å². The first kappa shape index (κ1) is 27.4. The molecule has 0 unspecified atom stereocenters. The summed E-state index contributed by atoms with van der Waals surface area (Å²) < 4.78 is 9.03. The molecule has 1 aliphatic carbocycles. The number of thiophene rings is 2. The summed E-state index contributed by atoms with van der Waals surface area (Å²) in [6, 6.07) is 15.3. The Hall–Kier alpha value is -3.44. The number of likely N-dealkylation sites (tertiary alicyclic amines) is 1. The van der Waals surface area contributed by atoms with Crippen LogP contribution in [0.3, 0.4) is 0 Å². The second kappa shape index (κ2) is 11.3. The topological polar surface area (TPSA) is 97.5 Å². The van der Waals surface area contributed by atoms with Crippen LogP contribution in [0.1, 0.15) is 56.9 Å². The molecule has 1 atom stereocenters. The number of piperidine rings is 1. The molecule has 7 rings (SSSR count). The van der Waals surface area contributed by atoms with E-state index in [0.29, 0.717) is 9.75 Å². The third kappa shape index (κ3) is 4.86. The molecule has 1 N–H and O–H groups in total. The first-order valence-corrected chi connectivity index (χ1v) is 16.3. The van der Waals surface area contributed by atoms with E-state index < -0.39 is 11.6 Å². The molecule has 0 bridgehead atoms. The van der Waals surface area contributed by atoms with Crippen LogP contribution in [0.2, 0.25) is 0 Å². The fraction of sp³-hybridized carbons (Fsp3) is 0.375. The summed E-state index contributed by atoms with van der Waals surface area (Å²) in [7, 11) is 0. The number of hydrogen-bond donors (Lipinski definition) is 1. The zero-order valence-corrected chi connectivity index (χ0v) is 24.8. The highest BCUT2D eigenvalue weighted by molar-refractivity contribution is 7.19. The molecule has 42 heavy (non-hydrogen) atoms. The molecule has 2 aliphatic rings. The van der Waals surface area contributed by atoms with E-state index in [1.807, 2.05) is 52.5 Å². The Morgan fingerprint density at radius 1 is 1.07 bits per heavy atom. The lowest BCUT2D eigenvalue weighted by Crippen LogP contribution is -2.43. The number of carbonyl (C=O) groups excluding carboxylic acids is 2. The summed E-state index contributed by atoms with van der Waals surface area (Å²) in [5.41, 5.74) is 3.22. The smallest absolute Gasteiger partial charge is 0.349 e.